The number of rotatable bonds is 6. The van der Waals surface area contributed by atoms with Crippen molar-refractivity contribution in [3.63, 3.8) is 0 Å². The molecule has 0 unspecified atom stereocenters. The minimum absolute atomic E-state index is 0.190. The Labute approximate surface area is 117 Å². The Bertz CT molecular complexity index is 581. The van der Waals surface area contributed by atoms with Crippen LogP contribution in [0.3, 0.4) is 0 Å². The fourth-order valence-corrected chi connectivity index (χ4v) is 1.64. The molecule has 0 saturated heterocycles. The second-order valence-corrected chi connectivity index (χ2v) is 4.35. The van der Waals surface area contributed by atoms with Gasteiger partial charge >= 0.3 is 5.97 Å². The molecule has 20 heavy (non-hydrogen) atoms. The molecule has 1 aromatic carbocycles. The van der Waals surface area contributed by atoms with Crippen molar-refractivity contribution in [3.05, 3.63) is 42.2 Å². The van der Waals surface area contributed by atoms with E-state index >= 15 is 0 Å². The summed E-state index contributed by atoms with van der Waals surface area (Å²) in [4.78, 5) is 11.5. The maximum atomic E-state index is 11.5. The van der Waals surface area contributed by atoms with E-state index in [1.807, 2.05) is 7.05 Å². The number of esters is 1. The Morgan fingerprint density at radius 2 is 2.30 bits per heavy atom. The van der Waals surface area contributed by atoms with E-state index in [0.717, 1.165) is 5.56 Å². The minimum Gasteiger partial charge on any atom is -0.493 e. The first kappa shape index (κ1) is 13.9. The van der Waals surface area contributed by atoms with Gasteiger partial charge in [0.15, 0.2) is 0 Å². The lowest BCUT2D eigenvalue weighted by atomic mass is 10.3. The predicted octanol–water partition coefficient (Wildman–Crippen LogP) is 1.51. The zero-order chi connectivity index (χ0) is 14.4. The monoisotopic (exact) mass is 275 g/mol. The van der Waals surface area contributed by atoms with Gasteiger partial charge in [-0.3, -0.25) is 9.48 Å². The summed E-state index contributed by atoms with van der Waals surface area (Å²) in [6.07, 6.45) is 3.65. The molecule has 1 heterocycles. The van der Waals surface area contributed by atoms with Crippen LogP contribution in [-0.4, -0.2) is 22.4 Å². The summed E-state index contributed by atoms with van der Waals surface area (Å²) >= 11 is 0. The molecule has 0 radical (unpaired) electrons. The highest BCUT2D eigenvalue weighted by atomic mass is 16.5. The van der Waals surface area contributed by atoms with Gasteiger partial charge in [0.2, 0.25) is 0 Å². The molecule has 6 nitrogen and oxygen atoms in total. The maximum absolute atomic E-state index is 11.5. The number of hydrogen-bond donors (Lipinski definition) is 1. The maximum Gasteiger partial charge on any atom is 0.309 e. The number of nitrogens with zero attached hydrogens (tertiary/aromatic N) is 2. The van der Waals surface area contributed by atoms with Crippen molar-refractivity contribution in [2.24, 2.45) is 7.05 Å². The lowest BCUT2D eigenvalue weighted by molar-refractivity contribution is -0.145. The molecule has 2 N–H and O–H groups in total. The van der Waals surface area contributed by atoms with Crippen molar-refractivity contribution < 1.29 is 14.3 Å². The van der Waals surface area contributed by atoms with Crippen LogP contribution in [0.5, 0.6) is 5.75 Å². The Kier molecular flexibility index (Phi) is 4.60. The SMILES string of the molecule is Cn1cc(COC(=O)CCOc2cccc(N)c2)cn1. The number of anilines is 1. The van der Waals surface area contributed by atoms with Gasteiger partial charge in [0.25, 0.3) is 0 Å². The first-order valence-corrected chi connectivity index (χ1v) is 6.25. The number of carbonyl (C=O) groups excluding carboxylic acids is 1. The van der Waals surface area contributed by atoms with Gasteiger partial charge in [-0.2, -0.15) is 5.10 Å². The number of aromatic nitrogens is 2. The average molecular weight is 275 g/mol. The van der Waals surface area contributed by atoms with Gasteiger partial charge in [-0.1, -0.05) is 6.07 Å². The number of hydrogen-bond acceptors (Lipinski definition) is 5. The second-order valence-electron chi connectivity index (χ2n) is 4.35. The molecule has 0 atom stereocenters. The summed E-state index contributed by atoms with van der Waals surface area (Å²) in [5, 5.41) is 3.99. The number of nitrogen functional groups attached to an aromatic ring is 1. The molecule has 0 amide bonds. The molecule has 0 aliphatic carbocycles. The number of carbonyl (C=O) groups is 1. The largest absolute Gasteiger partial charge is 0.493 e. The number of nitrogens with two attached hydrogens (primary N) is 1. The first-order valence-electron chi connectivity index (χ1n) is 6.25. The molecule has 0 saturated carbocycles. The van der Waals surface area contributed by atoms with Crippen LogP contribution in [0.4, 0.5) is 5.69 Å². The highest BCUT2D eigenvalue weighted by molar-refractivity contribution is 5.69. The lowest BCUT2D eigenvalue weighted by Gasteiger charge is -2.06. The first-order chi connectivity index (χ1) is 9.63. The van der Waals surface area contributed by atoms with Crippen LogP contribution >= 0.6 is 0 Å². The Hall–Kier alpha value is -2.50. The Morgan fingerprint density at radius 1 is 1.45 bits per heavy atom. The number of ether oxygens (including phenoxy) is 2. The standard InChI is InChI=1S/C14H17N3O3/c1-17-9-11(8-16-17)10-20-14(18)5-6-19-13-4-2-3-12(15)7-13/h2-4,7-9H,5-6,10,15H2,1H3. The van der Waals surface area contributed by atoms with E-state index in [1.165, 1.54) is 0 Å². The van der Waals surface area contributed by atoms with Crippen molar-refractivity contribution in [1.29, 1.82) is 0 Å². The summed E-state index contributed by atoms with van der Waals surface area (Å²) in [5.74, 6) is 0.336. The molecule has 0 aliphatic heterocycles. The van der Waals surface area contributed by atoms with E-state index in [2.05, 4.69) is 5.10 Å². The predicted molar refractivity (Wildman–Crippen MR) is 74.0 cm³/mol. The highest BCUT2D eigenvalue weighted by Crippen LogP contribution is 2.14. The van der Waals surface area contributed by atoms with Crippen LogP contribution in [0, 0.1) is 0 Å². The van der Waals surface area contributed by atoms with Crippen LogP contribution in [0.2, 0.25) is 0 Å². The van der Waals surface area contributed by atoms with E-state index in [-0.39, 0.29) is 25.6 Å². The molecule has 6 heteroatoms. The van der Waals surface area contributed by atoms with E-state index in [0.29, 0.717) is 11.4 Å². The van der Waals surface area contributed by atoms with Crippen molar-refractivity contribution in [1.82, 2.24) is 9.78 Å². The number of aryl methyl sites for hydroxylation is 1. The van der Waals surface area contributed by atoms with Gasteiger partial charge in [0.05, 0.1) is 19.2 Å². The fraction of sp³-hybridized carbons (Fsp3) is 0.286. The lowest BCUT2D eigenvalue weighted by Crippen LogP contribution is -2.09. The van der Waals surface area contributed by atoms with Crippen LogP contribution in [0.15, 0.2) is 36.7 Å². The average Bonchev–Trinajstić information content (AvgIpc) is 2.82. The topological polar surface area (TPSA) is 79.4 Å². The Balaban J connectivity index is 1.67. The van der Waals surface area contributed by atoms with Gasteiger partial charge in [0, 0.05) is 30.6 Å². The zero-order valence-electron chi connectivity index (χ0n) is 11.3. The molecular weight excluding hydrogens is 258 g/mol. The second kappa shape index (κ2) is 6.60. The third-order valence-corrected chi connectivity index (χ3v) is 2.59. The van der Waals surface area contributed by atoms with Crippen LogP contribution in [0.1, 0.15) is 12.0 Å². The van der Waals surface area contributed by atoms with E-state index < -0.39 is 0 Å². The van der Waals surface area contributed by atoms with Crippen molar-refractivity contribution in [2.75, 3.05) is 12.3 Å². The molecule has 2 rings (SSSR count). The van der Waals surface area contributed by atoms with Gasteiger partial charge in [-0.25, -0.2) is 0 Å². The van der Waals surface area contributed by atoms with E-state index in [1.54, 1.807) is 41.3 Å². The molecular formula is C14H17N3O3. The molecule has 1 aromatic heterocycles. The van der Waals surface area contributed by atoms with Crippen LogP contribution < -0.4 is 10.5 Å². The van der Waals surface area contributed by atoms with Gasteiger partial charge in [-0.05, 0) is 12.1 Å². The zero-order valence-corrected chi connectivity index (χ0v) is 11.3. The third-order valence-electron chi connectivity index (χ3n) is 2.59. The molecule has 0 bridgehead atoms. The molecule has 0 spiro atoms. The number of benzene rings is 1. The fourth-order valence-electron chi connectivity index (χ4n) is 1.64. The van der Waals surface area contributed by atoms with Crippen molar-refractivity contribution >= 4 is 11.7 Å². The Morgan fingerprint density at radius 3 is 3.00 bits per heavy atom. The summed E-state index contributed by atoms with van der Waals surface area (Å²) in [6.45, 7) is 0.486. The van der Waals surface area contributed by atoms with Crippen LogP contribution in [0.25, 0.3) is 0 Å². The normalized spacial score (nSPS) is 10.2. The smallest absolute Gasteiger partial charge is 0.309 e. The summed E-state index contributed by atoms with van der Waals surface area (Å²) in [6, 6.07) is 7.07. The molecule has 0 fully saturated rings. The van der Waals surface area contributed by atoms with Gasteiger partial charge < -0.3 is 15.2 Å². The molecule has 106 valence electrons. The molecule has 0 aliphatic rings. The van der Waals surface area contributed by atoms with Crippen LogP contribution in [-0.2, 0) is 23.2 Å². The van der Waals surface area contributed by atoms with E-state index in [4.69, 9.17) is 15.2 Å². The van der Waals surface area contributed by atoms with Gasteiger partial charge in [0.1, 0.15) is 12.4 Å². The molecule has 2 aromatic rings. The van der Waals surface area contributed by atoms with Gasteiger partial charge in [-0.15, -0.1) is 0 Å². The minimum atomic E-state index is -0.308. The summed E-state index contributed by atoms with van der Waals surface area (Å²) in [7, 11) is 1.81. The van der Waals surface area contributed by atoms with Crippen molar-refractivity contribution in [2.45, 2.75) is 13.0 Å². The quantitative estimate of drug-likeness (QED) is 0.638. The van der Waals surface area contributed by atoms with Crippen molar-refractivity contribution in [3.8, 4) is 5.75 Å². The third kappa shape index (κ3) is 4.31. The van der Waals surface area contributed by atoms with E-state index in [9.17, 15) is 4.79 Å². The summed E-state index contributed by atoms with van der Waals surface area (Å²) in [5.41, 5.74) is 7.11. The summed E-state index contributed by atoms with van der Waals surface area (Å²) < 4.78 is 12.2. The highest BCUT2D eigenvalue weighted by Gasteiger charge is 2.05.